The molecule has 0 N–H and O–H groups in total. The first-order chi connectivity index (χ1) is 5.14. The molecule has 1 aromatic heterocycles. The van der Waals surface area contributed by atoms with Gasteiger partial charge in [-0.15, -0.1) is 0 Å². The van der Waals surface area contributed by atoms with Crippen LogP contribution in [0.1, 0.15) is 6.92 Å². The SMILES string of the molecule is CCS(=O)(=O)On1ccnc1. The van der Waals surface area contributed by atoms with Crippen LogP contribution in [0.4, 0.5) is 0 Å². The number of hydrogen-bond donors (Lipinski definition) is 0. The van der Waals surface area contributed by atoms with E-state index in [9.17, 15) is 8.42 Å². The van der Waals surface area contributed by atoms with Crippen molar-refractivity contribution in [3.05, 3.63) is 18.7 Å². The van der Waals surface area contributed by atoms with Crippen molar-refractivity contribution in [2.45, 2.75) is 6.92 Å². The molecule has 0 aliphatic carbocycles. The minimum absolute atomic E-state index is 0.0504. The lowest BCUT2D eigenvalue weighted by molar-refractivity contribution is 0.279. The highest BCUT2D eigenvalue weighted by Gasteiger charge is 2.07. The summed E-state index contributed by atoms with van der Waals surface area (Å²) in [7, 11) is -3.42. The molecule has 0 spiro atoms. The van der Waals surface area contributed by atoms with Crippen molar-refractivity contribution in [1.29, 1.82) is 0 Å². The van der Waals surface area contributed by atoms with Crippen molar-refractivity contribution in [3.63, 3.8) is 0 Å². The summed E-state index contributed by atoms with van der Waals surface area (Å²) in [6, 6.07) is 0. The maximum Gasteiger partial charge on any atom is 0.326 e. The Morgan fingerprint density at radius 3 is 2.82 bits per heavy atom. The maximum atomic E-state index is 10.8. The number of nitrogens with zero attached hydrogens (tertiary/aromatic N) is 2. The Bertz CT molecular complexity index is 302. The standard InChI is InChI=1S/C5H8N2O3S/c1-2-11(8,9)10-7-4-3-6-5-7/h3-5H,2H2,1H3. The second-order valence-corrected chi connectivity index (χ2v) is 3.69. The topological polar surface area (TPSA) is 61.2 Å². The third-order valence-corrected chi connectivity index (χ3v) is 2.14. The molecule has 1 heterocycles. The van der Waals surface area contributed by atoms with Gasteiger partial charge in [-0.3, -0.25) is 4.28 Å². The van der Waals surface area contributed by atoms with Gasteiger partial charge in [0.25, 0.3) is 0 Å². The van der Waals surface area contributed by atoms with Crippen LogP contribution in [0.5, 0.6) is 0 Å². The molecule has 0 saturated carbocycles. The van der Waals surface area contributed by atoms with E-state index in [1.807, 2.05) is 0 Å². The van der Waals surface area contributed by atoms with Gasteiger partial charge < -0.3 is 0 Å². The fraction of sp³-hybridized carbons (Fsp3) is 0.400. The smallest absolute Gasteiger partial charge is 0.286 e. The Morgan fingerprint density at radius 1 is 1.64 bits per heavy atom. The highest BCUT2D eigenvalue weighted by atomic mass is 32.2. The molecule has 0 unspecified atom stereocenters. The van der Waals surface area contributed by atoms with Gasteiger partial charge >= 0.3 is 10.1 Å². The maximum absolute atomic E-state index is 10.8. The van der Waals surface area contributed by atoms with E-state index in [2.05, 4.69) is 9.27 Å². The van der Waals surface area contributed by atoms with Gasteiger partial charge in [-0.1, -0.05) is 0 Å². The van der Waals surface area contributed by atoms with Crippen molar-refractivity contribution < 1.29 is 12.7 Å². The molecule has 0 bridgehead atoms. The summed E-state index contributed by atoms with van der Waals surface area (Å²) >= 11 is 0. The zero-order valence-electron chi connectivity index (χ0n) is 5.97. The third-order valence-electron chi connectivity index (χ3n) is 1.03. The van der Waals surface area contributed by atoms with E-state index < -0.39 is 10.1 Å². The van der Waals surface area contributed by atoms with Crippen LogP contribution in [0.3, 0.4) is 0 Å². The van der Waals surface area contributed by atoms with Crippen LogP contribution in [0.15, 0.2) is 18.7 Å². The summed E-state index contributed by atoms with van der Waals surface area (Å²) in [5, 5.41) is 0. The van der Waals surface area contributed by atoms with E-state index in [0.717, 1.165) is 4.73 Å². The molecule has 62 valence electrons. The van der Waals surface area contributed by atoms with Crippen LogP contribution in [-0.2, 0) is 10.1 Å². The summed E-state index contributed by atoms with van der Waals surface area (Å²) in [6.45, 7) is 1.51. The molecule has 1 aromatic rings. The molecule has 0 saturated heterocycles. The lowest BCUT2D eigenvalue weighted by atomic mass is 11.0. The first kappa shape index (κ1) is 8.06. The first-order valence-electron chi connectivity index (χ1n) is 3.04. The molecule has 0 fully saturated rings. The zero-order chi connectivity index (χ0) is 8.32. The average molecular weight is 176 g/mol. The summed E-state index contributed by atoms with van der Waals surface area (Å²) in [6.07, 6.45) is 4.12. The van der Waals surface area contributed by atoms with Crippen LogP contribution in [0, 0.1) is 0 Å². The lowest BCUT2D eigenvalue weighted by Gasteiger charge is -2.01. The van der Waals surface area contributed by atoms with Crippen LogP contribution in [0.2, 0.25) is 0 Å². The van der Waals surface area contributed by atoms with Gasteiger partial charge in [0.2, 0.25) is 0 Å². The normalized spacial score (nSPS) is 11.4. The molecule has 1 rings (SSSR count). The molecule has 11 heavy (non-hydrogen) atoms. The van der Waals surface area contributed by atoms with E-state index in [1.54, 1.807) is 0 Å². The average Bonchev–Trinajstić information content (AvgIpc) is 2.39. The zero-order valence-corrected chi connectivity index (χ0v) is 6.78. The number of aromatic nitrogens is 2. The van der Waals surface area contributed by atoms with E-state index in [1.165, 1.54) is 25.6 Å². The Labute approximate surface area is 64.7 Å². The number of hydrogen-bond acceptors (Lipinski definition) is 4. The Hall–Kier alpha value is -1.04. The Balaban J connectivity index is 2.72. The summed E-state index contributed by atoms with van der Waals surface area (Å²) < 4.78 is 27.1. The van der Waals surface area contributed by atoms with Gasteiger partial charge in [0.05, 0.1) is 11.9 Å². The second-order valence-electron chi connectivity index (χ2n) is 1.84. The van der Waals surface area contributed by atoms with Crippen LogP contribution >= 0.6 is 0 Å². The van der Waals surface area contributed by atoms with Crippen LogP contribution in [-0.4, -0.2) is 23.9 Å². The fourth-order valence-electron chi connectivity index (χ4n) is 0.475. The van der Waals surface area contributed by atoms with Crippen LogP contribution < -0.4 is 4.28 Å². The van der Waals surface area contributed by atoms with Gasteiger partial charge in [-0.05, 0) is 6.92 Å². The van der Waals surface area contributed by atoms with Crippen molar-refractivity contribution in [1.82, 2.24) is 9.71 Å². The molecular formula is C5H8N2O3S. The third kappa shape index (κ3) is 2.23. The largest absolute Gasteiger partial charge is 0.326 e. The number of rotatable bonds is 3. The van der Waals surface area contributed by atoms with E-state index in [-0.39, 0.29) is 5.75 Å². The molecule has 5 nitrogen and oxygen atoms in total. The Morgan fingerprint density at radius 2 is 2.36 bits per heavy atom. The summed E-state index contributed by atoms with van der Waals surface area (Å²) in [5.41, 5.74) is 0. The van der Waals surface area contributed by atoms with Gasteiger partial charge in [0, 0.05) is 6.20 Å². The van der Waals surface area contributed by atoms with Gasteiger partial charge in [-0.25, -0.2) is 4.98 Å². The molecule has 0 aliphatic rings. The molecule has 0 radical (unpaired) electrons. The van der Waals surface area contributed by atoms with E-state index >= 15 is 0 Å². The van der Waals surface area contributed by atoms with Gasteiger partial charge in [0.15, 0.2) is 0 Å². The Kier molecular flexibility index (Phi) is 2.13. The van der Waals surface area contributed by atoms with Gasteiger partial charge in [-0.2, -0.15) is 13.1 Å². The molecule has 0 amide bonds. The number of imidazole rings is 1. The predicted octanol–water partition coefficient (Wildman–Crippen LogP) is -0.339. The summed E-state index contributed by atoms with van der Waals surface area (Å²) in [5.74, 6) is -0.0504. The minimum Gasteiger partial charge on any atom is -0.286 e. The highest BCUT2D eigenvalue weighted by molar-refractivity contribution is 7.86. The van der Waals surface area contributed by atoms with Gasteiger partial charge in [0.1, 0.15) is 6.33 Å². The first-order valence-corrected chi connectivity index (χ1v) is 4.62. The van der Waals surface area contributed by atoms with E-state index in [4.69, 9.17) is 0 Å². The second kappa shape index (κ2) is 2.91. The minimum atomic E-state index is -3.42. The lowest BCUT2D eigenvalue weighted by Crippen LogP contribution is -2.20. The predicted molar refractivity (Wildman–Crippen MR) is 38.3 cm³/mol. The van der Waals surface area contributed by atoms with Crippen molar-refractivity contribution >= 4 is 10.1 Å². The quantitative estimate of drug-likeness (QED) is 0.632. The molecule has 0 atom stereocenters. The van der Waals surface area contributed by atoms with Crippen molar-refractivity contribution in [2.24, 2.45) is 0 Å². The van der Waals surface area contributed by atoms with E-state index in [0.29, 0.717) is 0 Å². The molecule has 6 heteroatoms. The molecular weight excluding hydrogens is 168 g/mol. The van der Waals surface area contributed by atoms with Crippen LogP contribution in [0.25, 0.3) is 0 Å². The summed E-state index contributed by atoms with van der Waals surface area (Å²) in [4.78, 5) is 3.61. The van der Waals surface area contributed by atoms with Crippen molar-refractivity contribution in [2.75, 3.05) is 5.75 Å². The highest BCUT2D eigenvalue weighted by Crippen LogP contribution is 1.88. The fourth-order valence-corrected chi connectivity index (χ4v) is 0.931. The molecule has 0 aromatic carbocycles. The van der Waals surface area contributed by atoms with Crippen molar-refractivity contribution in [3.8, 4) is 0 Å². The molecule has 0 aliphatic heterocycles. The monoisotopic (exact) mass is 176 g/mol.